The second-order valence-electron chi connectivity index (χ2n) is 4.52. The lowest BCUT2D eigenvalue weighted by molar-refractivity contribution is 0.714. The van der Waals surface area contributed by atoms with Crippen LogP contribution in [0.4, 0.5) is 0 Å². The van der Waals surface area contributed by atoms with E-state index in [4.69, 9.17) is 0 Å². The molecule has 94 valence electrons. The average molecular weight is 250 g/mol. The maximum absolute atomic E-state index is 4.05. The monoisotopic (exact) mass is 250 g/mol. The van der Waals surface area contributed by atoms with Crippen LogP contribution in [0.25, 0.3) is 22.5 Å². The van der Waals surface area contributed by atoms with Crippen LogP contribution in [0.1, 0.15) is 5.56 Å². The summed E-state index contributed by atoms with van der Waals surface area (Å²) in [7, 11) is 1.84. The molecule has 0 bridgehead atoms. The summed E-state index contributed by atoms with van der Waals surface area (Å²) >= 11 is 0. The molecule has 1 heterocycles. The zero-order chi connectivity index (χ0) is 13.2. The van der Waals surface area contributed by atoms with Crippen molar-refractivity contribution in [2.24, 2.45) is 7.05 Å². The summed E-state index contributed by atoms with van der Waals surface area (Å²) < 4.78 is 1.68. The molecule has 3 aromatic rings. The Kier molecular flexibility index (Phi) is 2.83. The molecule has 4 nitrogen and oxygen atoms in total. The molecule has 1 aromatic heterocycles. The van der Waals surface area contributed by atoms with E-state index < -0.39 is 0 Å². The maximum atomic E-state index is 4.05. The highest BCUT2D eigenvalue weighted by molar-refractivity contribution is 5.73. The smallest absolute Gasteiger partial charge is 0.181 e. The maximum Gasteiger partial charge on any atom is 0.181 e. The van der Waals surface area contributed by atoms with E-state index in [1.807, 2.05) is 31.3 Å². The molecule has 0 saturated heterocycles. The van der Waals surface area contributed by atoms with E-state index in [2.05, 4.69) is 46.7 Å². The van der Waals surface area contributed by atoms with E-state index in [1.54, 1.807) is 4.68 Å². The van der Waals surface area contributed by atoms with Crippen LogP contribution < -0.4 is 0 Å². The highest BCUT2D eigenvalue weighted by atomic mass is 15.5. The quantitative estimate of drug-likeness (QED) is 0.702. The fraction of sp³-hybridized carbons (Fsp3) is 0.133. The normalized spacial score (nSPS) is 10.6. The molecule has 0 aliphatic carbocycles. The molecule has 0 saturated carbocycles. The van der Waals surface area contributed by atoms with Gasteiger partial charge in [0.1, 0.15) is 0 Å². The molecule has 0 aliphatic rings. The Morgan fingerprint density at radius 1 is 0.947 bits per heavy atom. The van der Waals surface area contributed by atoms with Crippen LogP contribution in [0.3, 0.4) is 0 Å². The summed E-state index contributed by atoms with van der Waals surface area (Å²) in [6.07, 6.45) is 0. The molecule has 0 aliphatic heterocycles. The van der Waals surface area contributed by atoms with E-state index in [0.29, 0.717) is 0 Å². The van der Waals surface area contributed by atoms with Gasteiger partial charge in [-0.05, 0) is 40.1 Å². The SMILES string of the molecule is Cc1ccc(-c2nnnn2C)cc1-c1ccccc1. The van der Waals surface area contributed by atoms with Crippen molar-refractivity contribution in [2.75, 3.05) is 0 Å². The van der Waals surface area contributed by atoms with E-state index in [0.717, 1.165) is 11.4 Å². The van der Waals surface area contributed by atoms with Crippen molar-refractivity contribution < 1.29 is 0 Å². The van der Waals surface area contributed by atoms with Gasteiger partial charge in [-0.1, -0.05) is 42.5 Å². The number of hydrogen-bond acceptors (Lipinski definition) is 3. The predicted molar refractivity (Wildman–Crippen MR) is 74.4 cm³/mol. The summed E-state index contributed by atoms with van der Waals surface area (Å²) in [5, 5.41) is 11.6. The third-order valence-corrected chi connectivity index (χ3v) is 3.20. The number of rotatable bonds is 2. The van der Waals surface area contributed by atoms with Gasteiger partial charge >= 0.3 is 0 Å². The van der Waals surface area contributed by atoms with E-state index >= 15 is 0 Å². The molecule has 0 spiro atoms. The number of hydrogen-bond donors (Lipinski definition) is 0. The minimum atomic E-state index is 0.775. The molecule has 3 rings (SSSR count). The zero-order valence-corrected chi connectivity index (χ0v) is 10.9. The molecular formula is C15H14N4. The van der Waals surface area contributed by atoms with Crippen molar-refractivity contribution in [3.63, 3.8) is 0 Å². The lowest BCUT2D eigenvalue weighted by Crippen LogP contribution is -1.95. The van der Waals surface area contributed by atoms with Gasteiger partial charge in [-0.3, -0.25) is 0 Å². The molecule has 0 amide bonds. The highest BCUT2D eigenvalue weighted by Gasteiger charge is 2.09. The van der Waals surface area contributed by atoms with Crippen LogP contribution in [-0.2, 0) is 7.05 Å². The molecule has 0 N–H and O–H groups in total. The van der Waals surface area contributed by atoms with Gasteiger partial charge < -0.3 is 0 Å². The van der Waals surface area contributed by atoms with Gasteiger partial charge in [0.15, 0.2) is 5.82 Å². The molecule has 0 fully saturated rings. The first kappa shape index (κ1) is 11.6. The Morgan fingerprint density at radius 2 is 1.74 bits per heavy atom. The minimum absolute atomic E-state index is 0.775. The largest absolute Gasteiger partial charge is 0.229 e. The minimum Gasteiger partial charge on any atom is -0.229 e. The summed E-state index contributed by atoms with van der Waals surface area (Å²) in [6.45, 7) is 2.11. The van der Waals surface area contributed by atoms with Crippen molar-refractivity contribution in [2.45, 2.75) is 6.92 Å². The number of nitrogens with zero attached hydrogens (tertiary/aromatic N) is 4. The third kappa shape index (κ3) is 2.12. The first-order valence-corrected chi connectivity index (χ1v) is 6.14. The van der Waals surface area contributed by atoms with Gasteiger partial charge in [-0.25, -0.2) is 4.68 Å². The van der Waals surface area contributed by atoms with Crippen molar-refractivity contribution in [1.82, 2.24) is 20.2 Å². The second-order valence-corrected chi connectivity index (χ2v) is 4.52. The van der Waals surface area contributed by atoms with Gasteiger partial charge in [-0.2, -0.15) is 0 Å². The molecule has 0 atom stereocenters. The number of aromatic nitrogens is 4. The zero-order valence-electron chi connectivity index (χ0n) is 10.9. The Hall–Kier alpha value is -2.49. The Balaban J connectivity index is 2.14. The summed E-state index contributed by atoms with van der Waals surface area (Å²) in [6, 6.07) is 16.6. The molecular weight excluding hydrogens is 236 g/mol. The third-order valence-electron chi connectivity index (χ3n) is 3.20. The summed E-state index contributed by atoms with van der Waals surface area (Å²) in [5.74, 6) is 0.775. The number of tetrazole rings is 1. The van der Waals surface area contributed by atoms with Crippen molar-refractivity contribution in [1.29, 1.82) is 0 Å². The van der Waals surface area contributed by atoms with Gasteiger partial charge in [0.25, 0.3) is 0 Å². The second kappa shape index (κ2) is 4.65. The van der Waals surface area contributed by atoms with Gasteiger partial charge in [-0.15, -0.1) is 5.10 Å². The summed E-state index contributed by atoms with van der Waals surface area (Å²) in [4.78, 5) is 0. The molecule has 19 heavy (non-hydrogen) atoms. The topological polar surface area (TPSA) is 43.6 Å². The van der Waals surface area contributed by atoms with E-state index in [-0.39, 0.29) is 0 Å². The van der Waals surface area contributed by atoms with Crippen molar-refractivity contribution in [3.05, 3.63) is 54.1 Å². The molecule has 0 radical (unpaired) electrons. The molecule has 4 heteroatoms. The summed E-state index contributed by atoms with van der Waals surface area (Å²) in [5.41, 5.74) is 4.68. The molecule has 0 unspecified atom stereocenters. The standard InChI is InChI=1S/C15H14N4/c1-11-8-9-13(15-16-17-18-19(15)2)10-14(11)12-6-4-3-5-7-12/h3-10H,1-2H3. The van der Waals surface area contributed by atoms with Crippen LogP contribution in [0.2, 0.25) is 0 Å². The van der Waals surface area contributed by atoms with Crippen LogP contribution >= 0.6 is 0 Å². The van der Waals surface area contributed by atoms with Crippen LogP contribution in [0, 0.1) is 6.92 Å². The Labute approximate surface area is 111 Å². The van der Waals surface area contributed by atoms with Crippen LogP contribution in [0.15, 0.2) is 48.5 Å². The Morgan fingerprint density at radius 3 is 2.42 bits per heavy atom. The predicted octanol–water partition coefficient (Wildman–Crippen LogP) is 2.85. The molecule has 2 aromatic carbocycles. The number of benzene rings is 2. The van der Waals surface area contributed by atoms with Crippen LogP contribution in [-0.4, -0.2) is 20.2 Å². The average Bonchev–Trinajstić information content (AvgIpc) is 2.87. The van der Waals surface area contributed by atoms with E-state index in [9.17, 15) is 0 Å². The first-order valence-electron chi connectivity index (χ1n) is 6.14. The van der Waals surface area contributed by atoms with Gasteiger partial charge in [0.05, 0.1) is 0 Å². The van der Waals surface area contributed by atoms with Gasteiger partial charge in [0.2, 0.25) is 0 Å². The fourth-order valence-corrected chi connectivity index (χ4v) is 2.16. The fourth-order valence-electron chi connectivity index (χ4n) is 2.16. The Bertz CT molecular complexity index is 701. The van der Waals surface area contributed by atoms with Crippen LogP contribution in [0.5, 0.6) is 0 Å². The first-order chi connectivity index (χ1) is 9.25. The lowest BCUT2D eigenvalue weighted by Gasteiger charge is -2.08. The van der Waals surface area contributed by atoms with Crippen molar-refractivity contribution >= 4 is 0 Å². The van der Waals surface area contributed by atoms with Crippen molar-refractivity contribution in [3.8, 4) is 22.5 Å². The highest BCUT2D eigenvalue weighted by Crippen LogP contribution is 2.27. The van der Waals surface area contributed by atoms with E-state index in [1.165, 1.54) is 16.7 Å². The lowest BCUT2D eigenvalue weighted by atomic mass is 9.98. The van der Waals surface area contributed by atoms with Gasteiger partial charge in [0, 0.05) is 12.6 Å². The number of aryl methyl sites for hydroxylation is 2.